The molecule has 0 fully saturated rings. The van der Waals surface area contributed by atoms with Crippen LogP contribution < -0.4 is 5.32 Å². The van der Waals surface area contributed by atoms with E-state index < -0.39 is 0 Å². The number of anilines is 1. The summed E-state index contributed by atoms with van der Waals surface area (Å²) in [6.45, 7) is 1.06. The summed E-state index contributed by atoms with van der Waals surface area (Å²) in [7, 11) is 0. The Hall–Kier alpha value is -1.58. The van der Waals surface area contributed by atoms with E-state index in [0.29, 0.717) is 0 Å². The highest BCUT2D eigenvalue weighted by atomic mass is 35.5. The van der Waals surface area contributed by atoms with E-state index in [1.54, 1.807) is 11.3 Å². The van der Waals surface area contributed by atoms with Gasteiger partial charge in [-0.1, -0.05) is 29.8 Å². The third kappa shape index (κ3) is 1.89. The fourth-order valence-electron chi connectivity index (χ4n) is 2.74. The van der Waals surface area contributed by atoms with Crippen molar-refractivity contribution in [2.24, 2.45) is 0 Å². The normalized spacial score (nSPS) is 14.1. The molecule has 0 radical (unpaired) electrons. The number of fused-ring (bicyclic) bond motifs is 2. The maximum Gasteiger partial charge on any atom is 0.125 e. The van der Waals surface area contributed by atoms with Gasteiger partial charge in [-0.25, -0.2) is 4.98 Å². The SMILES string of the molecule is Clc1cccc2nc(-c3cccc4c3CCCN4)sc12. The molecule has 0 atom stereocenters. The molecule has 0 aliphatic carbocycles. The molecule has 0 bridgehead atoms. The van der Waals surface area contributed by atoms with Crippen molar-refractivity contribution in [3.05, 3.63) is 47.0 Å². The van der Waals surface area contributed by atoms with Crippen molar-refractivity contribution in [3.63, 3.8) is 0 Å². The van der Waals surface area contributed by atoms with Gasteiger partial charge in [-0.15, -0.1) is 11.3 Å². The number of thiazole rings is 1. The molecule has 2 heterocycles. The third-order valence-electron chi connectivity index (χ3n) is 3.69. The lowest BCUT2D eigenvalue weighted by Gasteiger charge is -2.20. The van der Waals surface area contributed by atoms with Crippen molar-refractivity contribution in [1.29, 1.82) is 0 Å². The van der Waals surface area contributed by atoms with Crippen molar-refractivity contribution < 1.29 is 0 Å². The van der Waals surface area contributed by atoms with Crippen LogP contribution >= 0.6 is 22.9 Å². The molecule has 0 amide bonds. The van der Waals surface area contributed by atoms with E-state index in [0.717, 1.165) is 33.2 Å². The van der Waals surface area contributed by atoms with Crippen LogP contribution in [0.2, 0.25) is 5.02 Å². The van der Waals surface area contributed by atoms with E-state index in [1.165, 1.54) is 23.2 Å². The van der Waals surface area contributed by atoms with E-state index >= 15 is 0 Å². The van der Waals surface area contributed by atoms with Crippen LogP contribution in [0.3, 0.4) is 0 Å². The van der Waals surface area contributed by atoms with Gasteiger partial charge >= 0.3 is 0 Å². The third-order valence-corrected chi connectivity index (χ3v) is 5.26. The Bertz CT molecular complexity index is 794. The molecule has 1 N–H and O–H groups in total. The van der Waals surface area contributed by atoms with Gasteiger partial charge in [0.15, 0.2) is 0 Å². The lowest BCUT2D eigenvalue weighted by atomic mass is 9.98. The van der Waals surface area contributed by atoms with E-state index in [4.69, 9.17) is 16.6 Å². The summed E-state index contributed by atoms with van der Waals surface area (Å²) in [4.78, 5) is 4.76. The second-order valence-electron chi connectivity index (χ2n) is 4.97. The van der Waals surface area contributed by atoms with Crippen molar-refractivity contribution in [3.8, 4) is 10.6 Å². The van der Waals surface area contributed by atoms with Crippen LogP contribution in [0.25, 0.3) is 20.8 Å². The molecule has 0 spiro atoms. The van der Waals surface area contributed by atoms with Gasteiger partial charge in [-0.05, 0) is 36.6 Å². The van der Waals surface area contributed by atoms with Gasteiger partial charge in [-0.2, -0.15) is 0 Å². The van der Waals surface area contributed by atoms with Gasteiger partial charge in [0.05, 0.1) is 15.2 Å². The number of hydrogen-bond donors (Lipinski definition) is 1. The first-order valence-electron chi connectivity index (χ1n) is 6.74. The number of rotatable bonds is 1. The molecule has 100 valence electrons. The van der Waals surface area contributed by atoms with Crippen LogP contribution in [0.5, 0.6) is 0 Å². The lowest BCUT2D eigenvalue weighted by molar-refractivity contribution is 0.832. The molecule has 1 aliphatic heterocycles. The van der Waals surface area contributed by atoms with Crippen LogP contribution in [0.1, 0.15) is 12.0 Å². The highest BCUT2D eigenvalue weighted by molar-refractivity contribution is 7.22. The molecule has 0 saturated carbocycles. The minimum absolute atomic E-state index is 0.786. The Morgan fingerprint density at radius 2 is 2.05 bits per heavy atom. The summed E-state index contributed by atoms with van der Waals surface area (Å²) >= 11 is 7.94. The lowest BCUT2D eigenvalue weighted by Crippen LogP contribution is -2.12. The Labute approximate surface area is 126 Å². The summed E-state index contributed by atoms with van der Waals surface area (Å²) in [6, 6.07) is 12.3. The van der Waals surface area contributed by atoms with Gasteiger partial charge in [-0.3, -0.25) is 0 Å². The monoisotopic (exact) mass is 300 g/mol. The zero-order valence-corrected chi connectivity index (χ0v) is 12.4. The Balaban J connectivity index is 1.93. The molecule has 3 aromatic rings. The molecule has 2 aromatic carbocycles. The molecule has 20 heavy (non-hydrogen) atoms. The van der Waals surface area contributed by atoms with Gasteiger partial charge in [0.25, 0.3) is 0 Å². The first-order chi connectivity index (χ1) is 9.83. The summed E-state index contributed by atoms with van der Waals surface area (Å²) < 4.78 is 1.07. The second-order valence-corrected chi connectivity index (χ2v) is 6.38. The van der Waals surface area contributed by atoms with Crippen LogP contribution in [-0.4, -0.2) is 11.5 Å². The van der Waals surface area contributed by atoms with Crippen molar-refractivity contribution in [1.82, 2.24) is 4.98 Å². The minimum atomic E-state index is 0.786. The molecular formula is C16H13ClN2S. The highest BCUT2D eigenvalue weighted by Crippen LogP contribution is 2.38. The number of hydrogen-bond acceptors (Lipinski definition) is 3. The molecule has 0 unspecified atom stereocenters. The minimum Gasteiger partial charge on any atom is -0.385 e. The Morgan fingerprint density at radius 1 is 1.15 bits per heavy atom. The first kappa shape index (κ1) is 12.2. The molecule has 1 aromatic heterocycles. The largest absolute Gasteiger partial charge is 0.385 e. The van der Waals surface area contributed by atoms with E-state index in [-0.39, 0.29) is 0 Å². The maximum absolute atomic E-state index is 6.26. The quantitative estimate of drug-likeness (QED) is 0.686. The number of nitrogens with one attached hydrogen (secondary N) is 1. The van der Waals surface area contributed by atoms with Gasteiger partial charge in [0.2, 0.25) is 0 Å². The number of halogens is 1. The van der Waals surface area contributed by atoms with E-state index in [1.807, 2.05) is 18.2 Å². The molecule has 4 rings (SSSR count). The summed E-state index contributed by atoms with van der Waals surface area (Å²) in [6.07, 6.45) is 2.29. The summed E-state index contributed by atoms with van der Waals surface area (Å²) in [5.41, 5.74) is 4.86. The average Bonchev–Trinajstić information content (AvgIpc) is 2.92. The van der Waals surface area contributed by atoms with Crippen molar-refractivity contribution in [2.45, 2.75) is 12.8 Å². The smallest absolute Gasteiger partial charge is 0.125 e. The van der Waals surface area contributed by atoms with Crippen molar-refractivity contribution >= 4 is 38.8 Å². The molecule has 4 heteroatoms. The van der Waals surface area contributed by atoms with Crippen LogP contribution in [-0.2, 0) is 6.42 Å². The fraction of sp³-hybridized carbons (Fsp3) is 0.188. The van der Waals surface area contributed by atoms with Gasteiger partial charge in [0.1, 0.15) is 5.01 Å². The molecule has 2 nitrogen and oxygen atoms in total. The van der Waals surface area contributed by atoms with Gasteiger partial charge < -0.3 is 5.32 Å². The first-order valence-corrected chi connectivity index (χ1v) is 7.93. The van der Waals surface area contributed by atoms with Crippen LogP contribution in [0.15, 0.2) is 36.4 Å². The number of aromatic nitrogens is 1. The predicted molar refractivity (Wildman–Crippen MR) is 86.9 cm³/mol. The molecule has 0 saturated heterocycles. The standard InChI is InChI=1S/C16H13ClN2S/c17-12-6-2-8-14-15(12)20-16(19-14)11-4-1-7-13-10(11)5-3-9-18-13/h1-2,4,6-8,18H,3,5,9H2. The highest BCUT2D eigenvalue weighted by Gasteiger charge is 2.16. The topological polar surface area (TPSA) is 24.9 Å². The van der Waals surface area contributed by atoms with Crippen molar-refractivity contribution in [2.75, 3.05) is 11.9 Å². The zero-order chi connectivity index (χ0) is 13.5. The number of nitrogens with zero attached hydrogens (tertiary/aromatic N) is 1. The molecular weight excluding hydrogens is 288 g/mol. The maximum atomic E-state index is 6.26. The zero-order valence-electron chi connectivity index (χ0n) is 10.8. The second kappa shape index (κ2) is 4.76. The van der Waals surface area contributed by atoms with E-state index in [9.17, 15) is 0 Å². The van der Waals surface area contributed by atoms with Crippen LogP contribution in [0, 0.1) is 0 Å². The van der Waals surface area contributed by atoms with Gasteiger partial charge in [0, 0.05) is 17.8 Å². The summed E-state index contributed by atoms with van der Waals surface area (Å²) in [5, 5.41) is 5.32. The summed E-state index contributed by atoms with van der Waals surface area (Å²) in [5.74, 6) is 0. The average molecular weight is 301 g/mol. The number of benzene rings is 2. The Kier molecular flexibility index (Phi) is 2.90. The Morgan fingerprint density at radius 3 is 2.95 bits per heavy atom. The van der Waals surface area contributed by atoms with Crippen LogP contribution in [0.4, 0.5) is 5.69 Å². The predicted octanol–water partition coefficient (Wildman–Crippen LogP) is 4.97. The fourth-order valence-corrected chi connectivity index (χ4v) is 4.05. The molecule has 1 aliphatic rings. The van der Waals surface area contributed by atoms with E-state index in [2.05, 4.69) is 23.5 Å².